The molecule has 1 heterocycles. The quantitative estimate of drug-likeness (QED) is 0.884. The molecular formula is C13H17NO4. The van der Waals surface area contributed by atoms with Crippen LogP contribution in [0.5, 0.6) is 5.75 Å². The van der Waals surface area contributed by atoms with Crippen LogP contribution in [0.25, 0.3) is 0 Å². The van der Waals surface area contributed by atoms with Crippen LogP contribution in [0, 0.1) is 5.92 Å². The summed E-state index contributed by atoms with van der Waals surface area (Å²) in [5, 5.41) is 8.93. The van der Waals surface area contributed by atoms with Crippen LogP contribution >= 0.6 is 0 Å². The Balaban J connectivity index is 2.11. The molecule has 1 aromatic rings. The van der Waals surface area contributed by atoms with Crippen LogP contribution in [0.1, 0.15) is 6.42 Å². The molecule has 1 aliphatic rings. The minimum atomic E-state index is -0.339. The van der Waals surface area contributed by atoms with E-state index in [0.717, 1.165) is 11.4 Å². The summed E-state index contributed by atoms with van der Waals surface area (Å²) in [6.07, 6.45) is 0.300. The van der Waals surface area contributed by atoms with Gasteiger partial charge < -0.3 is 14.6 Å². The van der Waals surface area contributed by atoms with E-state index in [1.807, 2.05) is 12.1 Å². The number of carbonyl (C=O) groups excluding carboxylic acids is 1. The molecule has 0 bridgehead atoms. The molecule has 5 nitrogen and oxygen atoms in total. The molecule has 1 N–H and O–H groups in total. The molecule has 0 aromatic heterocycles. The predicted octanol–water partition coefficient (Wildman–Crippen LogP) is 1.65. The Labute approximate surface area is 106 Å². The number of carbonyl (C=O) groups is 1. The molecule has 0 radical (unpaired) electrons. The van der Waals surface area contributed by atoms with Gasteiger partial charge in [-0.3, -0.25) is 4.90 Å². The topological polar surface area (TPSA) is 59.0 Å². The number of ether oxygens (including phenoxy) is 2. The Bertz CT molecular complexity index is 404. The van der Waals surface area contributed by atoms with Gasteiger partial charge in [-0.1, -0.05) is 0 Å². The Morgan fingerprint density at radius 2 is 2.17 bits per heavy atom. The molecule has 2 rings (SSSR count). The van der Waals surface area contributed by atoms with Gasteiger partial charge in [-0.05, 0) is 30.7 Å². The van der Waals surface area contributed by atoms with Gasteiger partial charge in [-0.2, -0.15) is 0 Å². The molecular weight excluding hydrogens is 234 g/mol. The molecule has 98 valence electrons. The number of methoxy groups -OCH3 is 1. The molecule has 0 aliphatic carbocycles. The van der Waals surface area contributed by atoms with Crippen molar-refractivity contribution in [1.29, 1.82) is 0 Å². The first-order valence-corrected chi connectivity index (χ1v) is 5.94. The zero-order chi connectivity index (χ0) is 13.0. The van der Waals surface area contributed by atoms with E-state index in [1.165, 1.54) is 0 Å². The average molecular weight is 251 g/mol. The van der Waals surface area contributed by atoms with Crippen molar-refractivity contribution in [2.45, 2.75) is 6.42 Å². The molecule has 5 heteroatoms. The van der Waals surface area contributed by atoms with Gasteiger partial charge in [0.25, 0.3) is 0 Å². The van der Waals surface area contributed by atoms with Gasteiger partial charge in [-0.25, -0.2) is 4.79 Å². The maximum atomic E-state index is 11.7. The van der Waals surface area contributed by atoms with Crippen LogP contribution in [0.4, 0.5) is 10.5 Å². The van der Waals surface area contributed by atoms with Gasteiger partial charge in [0, 0.05) is 24.8 Å². The lowest BCUT2D eigenvalue weighted by Crippen LogP contribution is -2.43. The highest BCUT2D eigenvalue weighted by Crippen LogP contribution is 2.24. The minimum Gasteiger partial charge on any atom is -0.497 e. The first-order valence-electron chi connectivity index (χ1n) is 5.94. The lowest BCUT2D eigenvalue weighted by molar-refractivity contribution is 0.104. The fourth-order valence-corrected chi connectivity index (χ4v) is 1.98. The van der Waals surface area contributed by atoms with Crippen LogP contribution in [-0.2, 0) is 4.74 Å². The number of anilines is 1. The van der Waals surface area contributed by atoms with Gasteiger partial charge in [0.05, 0.1) is 13.7 Å². The van der Waals surface area contributed by atoms with Crippen LogP contribution < -0.4 is 9.64 Å². The second kappa shape index (κ2) is 5.73. The minimum absolute atomic E-state index is 0.110. The SMILES string of the molecule is COc1ccc(N2CC(CCO)COC2=O)cc1. The second-order valence-electron chi connectivity index (χ2n) is 4.26. The van der Waals surface area contributed by atoms with E-state index in [0.29, 0.717) is 19.6 Å². The van der Waals surface area contributed by atoms with E-state index in [2.05, 4.69) is 0 Å². The summed E-state index contributed by atoms with van der Waals surface area (Å²) < 4.78 is 10.2. The molecule has 1 atom stereocenters. The van der Waals surface area contributed by atoms with Crippen LogP contribution in [0.3, 0.4) is 0 Å². The molecule has 1 saturated heterocycles. The van der Waals surface area contributed by atoms with Crippen molar-refractivity contribution in [3.63, 3.8) is 0 Å². The average Bonchev–Trinajstić information content (AvgIpc) is 2.41. The largest absolute Gasteiger partial charge is 0.497 e. The van der Waals surface area contributed by atoms with Crippen molar-refractivity contribution in [2.24, 2.45) is 5.92 Å². The highest BCUT2D eigenvalue weighted by molar-refractivity contribution is 5.88. The first-order chi connectivity index (χ1) is 8.74. The summed E-state index contributed by atoms with van der Waals surface area (Å²) in [5.74, 6) is 0.922. The smallest absolute Gasteiger partial charge is 0.414 e. The van der Waals surface area contributed by atoms with Gasteiger partial charge in [0.2, 0.25) is 0 Å². The Morgan fingerprint density at radius 3 is 2.78 bits per heavy atom. The molecule has 1 amide bonds. The molecule has 1 unspecified atom stereocenters. The molecule has 0 saturated carbocycles. The van der Waals surface area contributed by atoms with E-state index < -0.39 is 0 Å². The van der Waals surface area contributed by atoms with Crippen molar-refractivity contribution in [1.82, 2.24) is 0 Å². The van der Waals surface area contributed by atoms with E-state index in [-0.39, 0.29) is 18.6 Å². The Hall–Kier alpha value is -1.75. The number of aliphatic hydroxyl groups is 1. The van der Waals surface area contributed by atoms with Crippen molar-refractivity contribution < 1.29 is 19.4 Å². The van der Waals surface area contributed by atoms with E-state index in [4.69, 9.17) is 14.6 Å². The predicted molar refractivity (Wildman–Crippen MR) is 66.9 cm³/mol. The standard InChI is InChI=1S/C13H17NO4/c1-17-12-4-2-11(3-5-12)14-8-10(6-7-15)9-18-13(14)16/h2-5,10,15H,6-9H2,1H3. The maximum Gasteiger partial charge on any atom is 0.414 e. The second-order valence-corrected chi connectivity index (χ2v) is 4.26. The van der Waals surface area contributed by atoms with Gasteiger partial charge in [-0.15, -0.1) is 0 Å². The number of hydrogen-bond donors (Lipinski definition) is 1. The summed E-state index contributed by atoms with van der Waals surface area (Å²) in [7, 11) is 1.60. The third-order valence-electron chi connectivity index (χ3n) is 3.03. The first kappa shape index (κ1) is 12.7. The molecule has 18 heavy (non-hydrogen) atoms. The maximum absolute atomic E-state index is 11.7. The lowest BCUT2D eigenvalue weighted by Gasteiger charge is -2.32. The summed E-state index contributed by atoms with van der Waals surface area (Å²) in [5.41, 5.74) is 0.781. The normalized spacial score (nSPS) is 19.6. The van der Waals surface area contributed by atoms with Crippen molar-refractivity contribution in [2.75, 3.05) is 31.8 Å². The molecule has 1 aromatic carbocycles. The van der Waals surface area contributed by atoms with Crippen LogP contribution in [0.15, 0.2) is 24.3 Å². The van der Waals surface area contributed by atoms with Crippen molar-refractivity contribution in [3.8, 4) is 5.75 Å². The number of aliphatic hydroxyl groups excluding tert-OH is 1. The number of amides is 1. The number of rotatable bonds is 4. The third kappa shape index (κ3) is 2.73. The van der Waals surface area contributed by atoms with E-state index >= 15 is 0 Å². The monoisotopic (exact) mass is 251 g/mol. The fraction of sp³-hybridized carbons (Fsp3) is 0.462. The summed E-state index contributed by atoms with van der Waals surface area (Å²) in [6, 6.07) is 7.25. The molecule has 0 spiro atoms. The van der Waals surface area contributed by atoms with Gasteiger partial charge in [0.1, 0.15) is 5.75 Å². The Kier molecular flexibility index (Phi) is 4.04. The zero-order valence-corrected chi connectivity index (χ0v) is 10.3. The summed E-state index contributed by atoms with van der Waals surface area (Å²) in [4.78, 5) is 13.3. The number of benzene rings is 1. The Morgan fingerprint density at radius 1 is 1.44 bits per heavy atom. The fourth-order valence-electron chi connectivity index (χ4n) is 1.98. The van der Waals surface area contributed by atoms with Crippen molar-refractivity contribution >= 4 is 11.8 Å². The lowest BCUT2D eigenvalue weighted by atomic mass is 10.1. The van der Waals surface area contributed by atoms with Crippen molar-refractivity contribution in [3.05, 3.63) is 24.3 Å². The summed E-state index contributed by atoms with van der Waals surface area (Å²) >= 11 is 0. The highest BCUT2D eigenvalue weighted by atomic mass is 16.6. The third-order valence-corrected chi connectivity index (χ3v) is 3.03. The number of nitrogens with zero attached hydrogens (tertiary/aromatic N) is 1. The van der Waals surface area contributed by atoms with E-state index in [9.17, 15) is 4.79 Å². The highest BCUT2D eigenvalue weighted by Gasteiger charge is 2.27. The van der Waals surface area contributed by atoms with Crippen LogP contribution in [-0.4, -0.2) is 38.1 Å². The molecule has 1 fully saturated rings. The van der Waals surface area contributed by atoms with Crippen LogP contribution in [0.2, 0.25) is 0 Å². The van der Waals surface area contributed by atoms with Gasteiger partial charge >= 0.3 is 6.09 Å². The molecule has 1 aliphatic heterocycles. The number of hydrogen-bond acceptors (Lipinski definition) is 4. The summed E-state index contributed by atoms with van der Waals surface area (Å²) in [6.45, 7) is 1.07. The van der Waals surface area contributed by atoms with E-state index in [1.54, 1.807) is 24.1 Å². The number of cyclic esters (lactones) is 1. The zero-order valence-electron chi connectivity index (χ0n) is 10.3. The van der Waals surface area contributed by atoms with Gasteiger partial charge in [0.15, 0.2) is 0 Å².